The predicted molar refractivity (Wildman–Crippen MR) is 102 cm³/mol. The Labute approximate surface area is 163 Å². The molecule has 1 fully saturated rings. The van der Waals surface area contributed by atoms with Crippen molar-refractivity contribution in [3.8, 4) is 17.6 Å². The smallest absolute Gasteiger partial charge is 0.267 e. The zero-order chi connectivity index (χ0) is 20.2. The molecule has 1 aliphatic rings. The molecule has 0 amide bonds. The molecule has 4 nitrogen and oxygen atoms in total. The standard InChI is InChI=1S/C22H23F2NO3/c1-21(2)27-14-22(25,15-28-21)11-10-16-8-9-19(18(12-16)20(23)24)26-13-17-6-4-3-5-7-17/h3-9,12,20H,13-15,25H2,1-2H3. The second-order valence-corrected chi connectivity index (χ2v) is 7.21. The fourth-order valence-corrected chi connectivity index (χ4v) is 2.62. The van der Waals surface area contributed by atoms with Crippen LogP contribution in [0.2, 0.25) is 0 Å². The fourth-order valence-electron chi connectivity index (χ4n) is 2.62. The summed E-state index contributed by atoms with van der Waals surface area (Å²) in [4.78, 5) is 0. The second-order valence-electron chi connectivity index (χ2n) is 7.21. The van der Waals surface area contributed by atoms with Crippen LogP contribution in [0.25, 0.3) is 0 Å². The van der Waals surface area contributed by atoms with E-state index in [2.05, 4.69) is 11.8 Å². The van der Waals surface area contributed by atoms with E-state index in [9.17, 15) is 8.78 Å². The minimum atomic E-state index is -2.68. The fraction of sp³-hybridized carbons (Fsp3) is 0.364. The van der Waals surface area contributed by atoms with Crippen LogP contribution in [0.4, 0.5) is 8.78 Å². The maximum atomic E-state index is 13.5. The number of nitrogens with two attached hydrogens (primary N) is 1. The molecule has 0 unspecified atom stereocenters. The Morgan fingerprint density at radius 2 is 1.79 bits per heavy atom. The molecule has 0 aliphatic carbocycles. The summed E-state index contributed by atoms with van der Waals surface area (Å²) in [6.45, 7) is 4.20. The highest BCUT2D eigenvalue weighted by Crippen LogP contribution is 2.30. The molecular formula is C22H23F2NO3. The third-order valence-corrected chi connectivity index (χ3v) is 4.29. The minimum Gasteiger partial charge on any atom is -0.488 e. The van der Waals surface area contributed by atoms with Gasteiger partial charge in [-0.05, 0) is 37.6 Å². The molecule has 0 saturated carbocycles. The van der Waals surface area contributed by atoms with Crippen molar-refractivity contribution < 1.29 is 23.0 Å². The number of benzene rings is 2. The van der Waals surface area contributed by atoms with Gasteiger partial charge in [0.2, 0.25) is 0 Å². The Hall–Kier alpha value is -2.46. The molecule has 0 atom stereocenters. The zero-order valence-corrected chi connectivity index (χ0v) is 15.9. The third-order valence-electron chi connectivity index (χ3n) is 4.29. The summed E-state index contributed by atoms with van der Waals surface area (Å²) in [5.74, 6) is 5.18. The van der Waals surface area contributed by atoms with E-state index in [1.807, 2.05) is 30.3 Å². The summed E-state index contributed by atoms with van der Waals surface area (Å²) in [5, 5.41) is 0. The topological polar surface area (TPSA) is 53.7 Å². The van der Waals surface area contributed by atoms with Crippen LogP contribution in [-0.4, -0.2) is 24.5 Å². The van der Waals surface area contributed by atoms with Crippen molar-refractivity contribution in [1.29, 1.82) is 0 Å². The molecule has 3 rings (SSSR count). The van der Waals surface area contributed by atoms with Gasteiger partial charge >= 0.3 is 0 Å². The van der Waals surface area contributed by atoms with Crippen molar-refractivity contribution in [2.75, 3.05) is 13.2 Å². The lowest BCUT2D eigenvalue weighted by molar-refractivity contribution is -0.259. The van der Waals surface area contributed by atoms with Crippen LogP contribution in [0, 0.1) is 11.8 Å². The monoisotopic (exact) mass is 387 g/mol. The highest BCUT2D eigenvalue weighted by atomic mass is 19.3. The third kappa shape index (κ3) is 5.29. The molecule has 1 heterocycles. The maximum absolute atomic E-state index is 13.5. The van der Waals surface area contributed by atoms with Gasteiger partial charge in [-0.3, -0.25) is 0 Å². The maximum Gasteiger partial charge on any atom is 0.267 e. The Bertz CT molecular complexity index is 862. The molecule has 0 bridgehead atoms. The first-order valence-electron chi connectivity index (χ1n) is 8.95. The van der Waals surface area contributed by atoms with Gasteiger partial charge in [0, 0.05) is 5.56 Å². The van der Waals surface area contributed by atoms with Crippen molar-refractivity contribution in [1.82, 2.24) is 0 Å². The van der Waals surface area contributed by atoms with Gasteiger partial charge in [0.15, 0.2) is 5.79 Å². The molecule has 1 aliphatic heterocycles. The van der Waals surface area contributed by atoms with E-state index < -0.39 is 17.8 Å². The number of rotatable bonds is 4. The zero-order valence-electron chi connectivity index (χ0n) is 15.9. The minimum absolute atomic E-state index is 0.137. The molecule has 0 spiro atoms. The van der Waals surface area contributed by atoms with Crippen LogP contribution in [0.3, 0.4) is 0 Å². The highest BCUT2D eigenvalue weighted by molar-refractivity contribution is 5.46. The lowest BCUT2D eigenvalue weighted by Gasteiger charge is -2.38. The average molecular weight is 387 g/mol. The van der Waals surface area contributed by atoms with Gasteiger partial charge < -0.3 is 19.9 Å². The molecular weight excluding hydrogens is 364 g/mol. The molecule has 2 N–H and O–H groups in total. The predicted octanol–water partition coefficient (Wildman–Crippen LogP) is 4.04. The van der Waals surface area contributed by atoms with E-state index in [0.717, 1.165) is 5.56 Å². The van der Waals surface area contributed by atoms with Crippen molar-refractivity contribution >= 4 is 0 Å². The normalized spacial score (nSPS) is 17.6. The van der Waals surface area contributed by atoms with E-state index in [-0.39, 0.29) is 31.1 Å². The SMILES string of the molecule is CC1(C)OCC(N)(C#Cc2ccc(OCc3ccccc3)c(C(F)F)c2)CO1. The molecule has 0 radical (unpaired) electrons. The lowest BCUT2D eigenvalue weighted by atomic mass is 10.0. The van der Waals surface area contributed by atoms with Crippen molar-refractivity contribution in [3.05, 3.63) is 65.2 Å². The Morgan fingerprint density at radius 1 is 1.11 bits per heavy atom. The first kappa shape index (κ1) is 20.3. The van der Waals surface area contributed by atoms with Crippen LogP contribution < -0.4 is 10.5 Å². The van der Waals surface area contributed by atoms with Gasteiger partial charge in [-0.15, -0.1) is 0 Å². The van der Waals surface area contributed by atoms with E-state index in [4.69, 9.17) is 19.9 Å². The van der Waals surface area contributed by atoms with Crippen LogP contribution >= 0.6 is 0 Å². The Morgan fingerprint density at radius 3 is 2.43 bits per heavy atom. The van der Waals surface area contributed by atoms with Crippen LogP contribution in [-0.2, 0) is 16.1 Å². The van der Waals surface area contributed by atoms with Crippen LogP contribution in [0.1, 0.15) is 37.0 Å². The highest BCUT2D eigenvalue weighted by Gasteiger charge is 2.35. The largest absolute Gasteiger partial charge is 0.488 e. The van der Waals surface area contributed by atoms with Gasteiger partial charge in [0.1, 0.15) is 17.9 Å². The second kappa shape index (κ2) is 8.27. The van der Waals surface area contributed by atoms with Gasteiger partial charge in [-0.2, -0.15) is 0 Å². The summed E-state index contributed by atoms with van der Waals surface area (Å²) in [6, 6.07) is 13.8. The van der Waals surface area contributed by atoms with Crippen LogP contribution in [0.15, 0.2) is 48.5 Å². The van der Waals surface area contributed by atoms with Gasteiger partial charge in [-0.25, -0.2) is 8.78 Å². The first-order valence-corrected chi connectivity index (χ1v) is 8.95. The lowest BCUT2D eigenvalue weighted by Crippen LogP contribution is -2.56. The number of alkyl halides is 2. The van der Waals surface area contributed by atoms with E-state index in [0.29, 0.717) is 5.56 Å². The summed E-state index contributed by atoms with van der Waals surface area (Å²) in [5.41, 5.74) is 6.31. The van der Waals surface area contributed by atoms with E-state index in [1.165, 1.54) is 12.1 Å². The number of hydrogen-bond donors (Lipinski definition) is 1. The summed E-state index contributed by atoms with van der Waals surface area (Å²) in [7, 11) is 0. The molecule has 28 heavy (non-hydrogen) atoms. The average Bonchev–Trinajstić information content (AvgIpc) is 2.68. The molecule has 1 saturated heterocycles. The van der Waals surface area contributed by atoms with Gasteiger partial charge in [0.25, 0.3) is 6.43 Å². The van der Waals surface area contributed by atoms with E-state index in [1.54, 1.807) is 19.9 Å². The Kier molecular flexibility index (Phi) is 5.99. The van der Waals surface area contributed by atoms with Crippen molar-refractivity contribution in [3.63, 3.8) is 0 Å². The number of halogens is 2. The van der Waals surface area contributed by atoms with E-state index >= 15 is 0 Å². The van der Waals surface area contributed by atoms with Gasteiger partial charge in [0.05, 0.1) is 18.8 Å². The molecule has 6 heteroatoms. The molecule has 0 aromatic heterocycles. The number of hydrogen-bond acceptors (Lipinski definition) is 4. The molecule has 148 valence electrons. The first-order chi connectivity index (χ1) is 13.3. The van der Waals surface area contributed by atoms with Gasteiger partial charge in [-0.1, -0.05) is 42.2 Å². The summed E-state index contributed by atoms with van der Waals surface area (Å²) >= 11 is 0. The molecule has 2 aromatic rings. The van der Waals surface area contributed by atoms with Crippen LogP contribution in [0.5, 0.6) is 5.75 Å². The Balaban J connectivity index is 1.74. The quantitative estimate of drug-likeness (QED) is 0.805. The molecule has 2 aromatic carbocycles. The van der Waals surface area contributed by atoms with Crippen molar-refractivity contribution in [2.24, 2.45) is 5.73 Å². The summed E-state index contributed by atoms with van der Waals surface area (Å²) < 4.78 is 43.6. The summed E-state index contributed by atoms with van der Waals surface area (Å²) in [6.07, 6.45) is -2.68. The van der Waals surface area contributed by atoms with Crippen molar-refractivity contribution in [2.45, 2.75) is 38.2 Å². The number of ether oxygens (including phenoxy) is 3.